The zero-order chi connectivity index (χ0) is 14.0. The van der Waals surface area contributed by atoms with Crippen molar-refractivity contribution >= 4 is 6.21 Å². The minimum absolute atomic E-state index is 0.486. The molecule has 2 aromatic carbocycles. The summed E-state index contributed by atoms with van der Waals surface area (Å²) in [6, 6.07) is 18.7. The molecule has 0 spiro atoms. The van der Waals surface area contributed by atoms with Crippen molar-refractivity contribution in [1.29, 1.82) is 0 Å². The fraction of sp³-hybridized carbons (Fsp3) is 0.278. The van der Waals surface area contributed by atoms with Gasteiger partial charge in [-0.05, 0) is 35.6 Å². The lowest BCUT2D eigenvalue weighted by molar-refractivity contribution is 0.131. The largest absolute Gasteiger partial charge is 0.391 e. The van der Waals surface area contributed by atoms with Crippen LogP contribution in [-0.4, -0.2) is 6.21 Å². The molecule has 0 aliphatic rings. The summed E-state index contributed by atoms with van der Waals surface area (Å²) in [5.41, 5.74) is 3.53. The van der Waals surface area contributed by atoms with Gasteiger partial charge in [-0.1, -0.05) is 67.0 Å². The molecule has 1 radical (unpaired) electrons. The smallest absolute Gasteiger partial charge is 0.142 e. The highest BCUT2D eigenvalue weighted by atomic mass is 16.6. The van der Waals surface area contributed by atoms with E-state index in [-0.39, 0.29) is 0 Å². The molecule has 0 amide bonds. The first kappa shape index (κ1) is 14.3. The van der Waals surface area contributed by atoms with Crippen molar-refractivity contribution in [3.8, 4) is 11.1 Å². The molecule has 20 heavy (non-hydrogen) atoms. The summed E-state index contributed by atoms with van der Waals surface area (Å²) in [4.78, 5) is 5.27. The minimum atomic E-state index is 0.486. The van der Waals surface area contributed by atoms with Crippen LogP contribution in [0, 0.1) is 0 Å². The molecule has 0 atom stereocenters. The second-order valence-corrected chi connectivity index (χ2v) is 4.69. The van der Waals surface area contributed by atoms with Gasteiger partial charge in [0.05, 0.1) is 0 Å². The summed E-state index contributed by atoms with van der Waals surface area (Å²) in [7, 11) is 0. The molecule has 0 heterocycles. The molecule has 0 unspecified atom stereocenters. The lowest BCUT2D eigenvalue weighted by Gasteiger charge is -2.04. The van der Waals surface area contributed by atoms with Gasteiger partial charge in [0.15, 0.2) is 0 Å². The molecule has 0 saturated carbocycles. The maximum absolute atomic E-state index is 5.27. The standard InChI is InChI=1S/C18H20NO/c1-2-3-7-13-19-20-15-16-9-8-12-18(14-16)17-10-5-4-6-11-17/h4-6,8-12,14H,2-3,7,15H2,1H3. The Morgan fingerprint density at radius 1 is 1.00 bits per heavy atom. The van der Waals surface area contributed by atoms with E-state index in [9.17, 15) is 0 Å². The van der Waals surface area contributed by atoms with E-state index in [0.717, 1.165) is 24.8 Å². The molecule has 2 heteroatoms. The van der Waals surface area contributed by atoms with Crippen LogP contribution in [0.4, 0.5) is 0 Å². The lowest BCUT2D eigenvalue weighted by Crippen LogP contribution is -1.88. The minimum Gasteiger partial charge on any atom is -0.391 e. The van der Waals surface area contributed by atoms with Crippen LogP contribution in [0.2, 0.25) is 0 Å². The second kappa shape index (κ2) is 8.16. The van der Waals surface area contributed by atoms with Gasteiger partial charge in [0, 0.05) is 0 Å². The van der Waals surface area contributed by atoms with Gasteiger partial charge in [0.2, 0.25) is 0 Å². The third-order valence-electron chi connectivity index (χ3n) is 3.04. The third kappa shape index (κ3) is 4.54. The van der Waals surface area contributed by atoms with E-state index in [1.807, 2.05) is 30.3 Å². The maximum Gasteiger partial charge on any atom is 0.142 e. The number of hydrogen-bond acceptors (Lipinski definition) is 2. The van der Waals surface area contributed by atoms with Crippen LogP contribution >= 0.6 is 0 Å². The Morgan fingerprint density at radius 2 is 1.80 bits per heavy atom. The number of hydrogen-bond donors (Lipinski definition) is 0. The Labute approximate surface area is 121 Å². The average Bonchev–Trinajstić information content (AvgIpc) is 2.52. The van der Waals surface area contributed by atoms with Crippen LogP contribution in [-0.2, 0) is 11.4 Å². The van der Waals surface area contributed by atoms with Crippen LogP contribution in [0.25, 0.3) is 11.1 Å². The molecule has 0 aliphatic heterocycles. The van der Waals surface area contributed by atoms with Gasteiger partial charge in [-0.3, -0.25) is 0 Å². The Morgan fingerprint density at radius 3 is 2.60 bits per heavy atom. The molecule has 0 aliphatic carbocycles. The predicted molar refractivity (Wildman–Crippen MR) is 83.6 cm³/mol. The summed E-state index contributed by atoms with van der Waals surface area (Å²) in [5.74, 6) is 0. The zero-order valence-corrected chi connectivity index (χ0v) is 11.9. The van der Waals surface area contributed by atoms with Crippen LogP contribution < -0.4 is 0 Å². The van der Waals surface area contributed by atoms with Crippen LogP contribution in [0.1, 0.15) is 31.7 Å². The van der Waals surface area contributed by atoms with E-state index in [2.05, 4.69) is 42.6 Å². The van der Waals surface area contributed by atoms with Crippen molar-refractivity contribution in [2.75, 3.05) is 0 Å². The number of benzene rings is 2. The number of unbranched alkanes of at least 4 members (excludes halogenated alkanes) is 2. The van der Waals surface area contributed by atoms with E-state index in [1.54, 1.807) is 0 Å². The third-order valence-corrected chi connectivity index (χ3v) is 3.04. The number of nitrogens with zero attached hydrogens (tertiary/aromatic N) is 1. The van der Waals surface area contributed by atoms with E-state index in [0.29, 0.717) is 6.61 Å². The Bertz CT molecular complexity index is 534. The van der Waals surface area contributed by atoms with Crippen molar-refractivity contribution in [1.82, 2.24) is 0 Å². The van der Waals surface area contributed by atoms with Crippen LogP contribution in [0.15, 0.2) is 59.8 Å². The first-order valence-electron chi connectivity index (χ1n) is 7.09. The summed E-state index contributed by atoms with van der Waals surface area (Å²) in [6.07, 6.45) is 6.03. The van der Waals surface area contributed by atoms with E-state index in [1.165, 1.54) is 11.1 Å². The zero-order valence-electron chi connectivity index (χ0n) is 11.9. The summed E-state index contributed by atoms with van der Waals surface area (Å²) in [5, 5.41) is 3.86. The van der Waals surface area contributed by atoms with Crippen molar-refractivity contribution < 1.29 is 4.84 Å². The lowest BCUT2D eigenvalue weighted by atomic mass is 10.0. The van der Waals surface area contributed by atoms with E-state index in [4.69, 9.17) is 4.84 Å². The Kier molecular flexibility index (Phi) is 5.84. The van der Waals surface area contributed by atoms with Gasteiger partial charge < -0.3 is 4.84 Å². The van der Waals surface area contributed by atoms with E-state index < -0.39 is 0 Å². The van der Waals surface area contributed by atoms with Crippen molar-refractivity contribution in [2.24, 2.45) is 5.16 Å². The van der Waals surface area contributed by atoms with Crippen LogP contribution in [0.3, 0.4) is 0 Å². The van der Waals surface area contributed by atoms with Crippen molar-refractivity contribution in [2.45, 2.75) is 32.8 Å². The molecule has 0 saturated heterocycles. The predicted octanol–water partition coefficient (Wildman–Crippen LogP) is 4.92. The molecular weight excluding hydrogens is 246 g/mol. The second-order valence-electron chi connectivity index (χ2n) is 4.69. The monoisotopic (exact) mass is 266 g/mol. The maximum atomic E-state index is 5.27. The number of rotatable bonds is 7. The van der Waals surface area contributed by atoms with Gasteiger partial charge in [-0.2, -0.15) is 0 Å². The van der Waals surface area contributed by atoms with Crippen molar-refractivity contribution in [3.05, 3.63) is 60.2 Å². The first-order valence-corrected chi connectivity index (χ1v) is 7.09. The highest BCUT2D eigenvalue weighted by Crippen LogP contribution is 2.20. The van der Waals surface area contributed by atoms with Gasteiger partial charge >= 0.3 is 0 Å². The van der Waals surface area contributed by atoms with Gasteiger partial charge in [0.25, 0.3) is 0 Å². The van der Waals surface area contributed by atoms with E-state index >= 15 is 0 Å². The topological polar surface area (TPSA) is 21.6 Å². The average molecular weight is 266 g/mol. The fourth-order valence-electron chi connectivity index (χ4n) is 1.93. The Hall–Kier alpha value is -2.09. The van der Waals surface area contributed by atoms with Gasteiger partial charge in [-0.15, -0.1) is 0 Å². The summed E-state index contributed by atoms with van der Waals surface area (Å²) >= 11 is 0. The highest BCUT2D eigenvalue weighted by molar-refractivity contribution is 5.63. The van der Waals surface area contributed by atoms with Gasteiger partial charge in [-0.25, -0.2) is 0 Å². The summed E-state index contributed by atoms with van der Waals surface area (Å²) < 4.78 is 0. The Balaban J connectivity index is 1.92. The normalized spacial score (nSPS) is 10.8. The SMILES string of the molecule is CCCC/[C]=N/OCc1cccc(-c2ccccc2)c1. The molecular formula is C18H20NO. The molecule has 2 aromatic rings. The quantitative estimate of drug-likeness (QED) is 0.396. The molecule has 2 nitrogen and oxygen atoms in total. The van der Waals surface area contributed by atoms with Gasteiger partial charge in [0.1, 0.15) is 12.8 Å². The molecule has 0 bridgehead atoms. The highest BCUT2D eigenvalue weighted by Gasteiger charge is 1.99. The fourth-order valence-corrected chi connectivity index (χ4v) is 1.93. The summed E-state index contributed by atoms with van der Waals surface area (Å²) in [6.45, 7) is 2.64. The molecule has 0 aromatic heterocycles. The molecule has 2 rings (SSSR count). The van der Waals surface area contributed by atoms with Crippen molar-refractivity contribution in [3.63, 3.8) is 0 Å². The molecule has 103 valence electrons. The molecule has 0 N–H and O–H groups in total. The first-order chi connectivity index (χ1) is 9.90. The van der Waals surface area contributed by atoms with Crippen LogP contribution in [0.5, 0.6) is 0 Å². The molecule has 0 fully saturated rings.